The van der Waals surface area contributed by atoms with E-state index in [-0.39, 0.29) is 5.78 Å². The molecule has 0 aliphatic rings. The number of Topliss-reactive ketones (excluding diaryl/α,β-unsaturated/α-hetero) is 1. The minimum absolute atomic E-state index is 0.113. The summed E-state index contributed by atoms with van der Waals surface area (Å²) in [5.41, 5.74) is 5.02. The molecule has 2 aromatic carbocycles. The highest BCUT2D eigenvalue weighted by atomic mass is 16.1. The summed E-state index contributed by atoms with van der Waals surface area (Å²) in [4.78, 5) is 16.8. The zero-order chi connectivity index (χ0) is 14.8. The van der Waals surface area contributed by atoms with Crippen LogP contribution in [0.2, 0.25) is 0 Å². The molecule has 0 N–H and O–H groups in total. The predicted molar refractivity (Wildman–Crippen MR) is 85.7 cm³/mol. The molecule has 0 aliphatic carbocycles. The first-order valence-corrected chi connectivity index (χ1v) is 7.07. The number of fused-ring (bicyclic) bond motifs is 1. The number of ketones is 1. The van der Waals surface area contributed by atoms with Crippen LogP contribution in [0.15, 0.2) is 54.7 Å². The predicted octanol–water partition coefficient (Wildman–Crippen LogP) is 4.28. The molecule has 1 heterocycles. The van der Waals surface area contributed by atoms with E-state index in [0.29, 0.717) is 12.0 Å². The van der Waals surface area contributed by atoms with Gasteiger partial charge in [-0.25, -0.2) is 0 Å². The molecule has 0 amide bonds. The first-order chi connectivity index (χ1) is 10.1. The van der Waals surface area contributed by atoms with Crippen LogP contribution in [0.1, 0.15) is 27.0 Å². The average molecular weight is 275 g/mol. The van der Waals surface area contributed by atoms with Crippen LogP contribution in [0.4, 0.5) is 0 Å². The molecule has 0 fully saturated rings. The fourth-order valence-electron chi connectivity index (χ4n) is 2.49. The highest BCUT2D eigenvalue weighted by molar-refractivity contribution is 6.00. The molecular formula is C19H17NO. The summed E-state index contributed by atoms with van der Waals surface area (Å²) in [7, 11) is 0. The highest BCUT2D eigenvalue weighted by Crippen LogP contribution is 2.17. The third-order valence-electron chi connectivity index (χ3n) is 3.77. The summed E-state index contributed by atoms with van der Waals surface area (Å²) in [6.45, 7) is 4.09. The van der Waals surface area contributed by atoms with Gasteiger partial charge in [-0.2, -0.15) is 0 Å². The maximum absolute atomic E-state index is 12.5. The molecule has 0 saturated heterocycles. The summed E-state index contributed by atoms with van der Waals surface area (Å²) >= 11 is 0. The SMILES string of the molecule is Cc1ccc(C)c(CC(=O)c2cnc3ccccc3c2)c1. The number of benzene rings is 2. The molecule has 21 heavy (non-hydrogen) atoms. The number of hydrogen-bond donors (Lipinski definition) is 0. The maximum atomic E-state index is 12.5. The molecular weight excluding hydrogens is 258 g/mol. The van der Waals surface area contributed by atoms with Crippen LogP contribution < -0.4 is 0 Å². The Balaban J connectivity index is 1.91. The molecule has 2 heteroatoms. The fourth-order valence-corrected chi connectivity index (χ4v) is 2.49. The topological polar surface area (TPSA) is 30.0 Å². The Bertz CT molecular complexity index is 821. The number of nitrogens with zero attached hydrogens (tertiary/aromatic N) is 1. The van der Waals surface area contributed by atoms with Crippen LogP contribution in [-0.2, 0) is 6.42 Å². The molecule has 2 nitrogen and oxygen atoms in total. The lowest BCUT2D eigenvalue weighted by Gasteiger charge is -2.07. The largest absolute Gasteiger partial charge is 0.294 e. The summed E-state index contributed by atoms with van der Waals surface area (Å²) in [6, 6.07) is 16.0. The third-order valence-corrected chi connectivity index (χ3v) is 3.77. The Morgan fingerprint density at radius 2 is 1.86 bits per heavy atom. The van der Waals surface area contributed by atoms with Crippen molar-refractivity contribution >= 4 is 16.7 Å². The first kappa shape index (κ1) is 13.5. The van der Waals surface area contributed by atoms with Gasteiger partial charge in [-0.3, -0.25) is 9.78 Å². The number of carbonyl (C=O) groups is 1. The van der Waals surface area contributed by atoms with Crippen LogP contribution in [0, 0.1) is 13.8 Å². The zero-order valence-corrected chi connectivity index (χ0v) is 12.3. The molecule has 3 rings (SSSR count). The molecule has 0 aliphatic heterocycles. The van der Waals surface area contributed by atoms with E-state index in [4.69, 9.17) is 0 Å². The Labute approximate surface area is 124 Å². The lowest BCUT2D eigenvalue weighted by atomic mass is 9.98. The number of aromatic nitrogens is 1. The van der Waals surface area contributed by atoms with Crippen LogP contribution >= 0.6 is 0 Å². The summed E-state index contributed by atoms with van der Waals surface area (Å²) in [5.74, 6) is 0.113. The van der Waals surface area contributed by atoms with Gasteiger partial charge in [0.1, 0.15) is 0 Å². The molecule has 0 atom stereocenters. The van der Waals surface area contributed by atoms with Crippen molar-refractivity contribution in [2.24, 2.45) is 0 Å². The van der Waals surface area contributed by atoms with Crippen molar-refractivity contribution < 1.29 is 4.79 Å². The summed E-state index contributed by atoms with van der Waals surface area (Å²) in [6.07, 6.45) is 2.10. The van der Waals surface area contributed by atoms with E-state index >= 15 is 0 Å². The standard InChI is InChI=1S/C19H17NO/c1-13-7-8-14(2)16(9-13)11-19(21)17-10-15-5-3-4-6-18(15)20-12-17/h3-10,12H,11H2,1-2H3. The quantitative estimate of drug-likeness (QED) is 0.668. The van der Waals surface area contributed by atoms with Crippen LogP contribution in [-0.4, -0.2) is 10.8 Å². The van der Waals surface area contributed by atoms with Gasteiger partial charge >= 0.3 is 0 Å². The van der Waals surface area contributed by atoms with Crippen LogP contribution in [0.5, 0.6) is 0 Å². The van der Waals surface area contributed by atoms with Crippen LogP contribution in [0.25, 0.3) is 10.9 Å². The molecule has 3 aromatic rings. The Hall–Kier alpha value is -2.48. The highest BCUT2D eigenvalue weighted by Gasteiger charge is 2.10. The molecule has 0 unspecified atom stereocenters. The van der Waals surface area contributed by atoms with Crippen molar-refractivity contribution in [1.29, 1.82) is 0 Å². The molecule has 0 bridgehead atoms. The number of aryl methyl sites for hydroxylation is 2. The fraction of sp³-hybridized carbons (Fsp3) is 0.158. The van der Waals surface area contributed by atoms with Crippen molar-refractivity contribution in [3.63, 3.8) is 0 Å². The van der Waals surface area contributed by atoms with Crippen molar-refractivity contribution in [1.82, 2.24) is 4.98 Å². The van der Waals surface area contributed by atoms with E-state index in [1.165, 1.54) is 5.56 Å². The average Bonchev–Trinajstić information content (AvgIpc) is 2.50. The van der Waals surface area contributed by atoms with E-state index in [1.54, 1.807) is 6.20 Å². The minimum atomic E-state index is 0.113. The second kappa shape index (κ2) is 5.49. The maximum Gasteiger partial charge on any atom is 0.168 e. The molecule has 0 saturated carbocycles. The second-order valence-electron chi connectivity index (χ2n) is 5.45. The van der Waals surface area contributed by atoms with Crippen molar-refractivity contribution in [3.8, 4) is 0 Å². The summed E-state index contributed by atoms with van der Waals surface area (Å²) in [5, 5.41) is 1.00. The number of pyridine rings is 1. The number of para-hydroxylation sites is 1. The van der Waals surface area contributed by atoms with Gasteiger partial charge in [0.15, 0.2) is 5.78 Å². The summed E-state index contributed by atoms with van der Waals surface area (Å²) < 4.78 is 0. The van der Waals surface area contributed by atoms with Gasteiger partial charge in [0.05, 0.1) is 5.52 Å². The normalized spacial score (nSPS) is 10.8. The van der Waals surface area contributed by atoms with Crippen molar-refractivity contribution in [2.75, 3.05) is 0 Å². The van der Waals surface area contributed by atoms with Gasteiger partial charge < -0.3 is 0 Å². The zero-order valence-electron chi connectivity index (χ0n) is 12.3. The first-order valence-electron chi connectivity index (χ1n) is 7.07. The van der Waals surface area contributed by atoms with Crippen molar-refractivity contribution in [2.45, 2.75) is 20.3 Å². The number of rotatable bonds is 3. The third kappa shape index (κ3) is 2.84. The monoisotopic (exact) mass is 275 g/mol. The van der Waals surface area contributed by atoms with Gasteiger partial charge in [0.25, 0.3) is 0 Å². The van der Waals surface area contributed by atoms with Crippen LogP contribution in [0.3, 0.4) is 0 Å². The molecule has 104 valence electrons. The van der Waals surface area contributed by atoms with E-state index < -0.39 is 0 Å². The number of hydrogen-bond acceptors (Lipinski definition) is 2. The molecule has 0 spiro atoms. The van der Waals surface area contributed by atoms with Gasteiger partial charge in [-0.05, 0) is 37.1 Å². The lowest BCUT2D eigenvalue weighted by Crippen LogP contribution is -2.05. The molecule has 0 radical (unpaired) electrons. The number of carbonyl (C=O) groups excluding carboxylic acids is 1. The van der Waals surface area contributed by atoms with E-state index in [1.807, 2.05) is 44.2 Å². The van der Waals surface area contributed by atoms with E-state index in [0.717, 1.165) is 22.0 Å². The van der Waals surface area contributed by atoms with E-state index in [9.17, 15) is 4.79 Å². The van der Waals surface area contributed by atoms with Gasteiger partial charge in [0, 0.05) is 23.6 Å². The minimum Gasteiger partial charge on any atom is -0.294 e. The van der Waals surface area contributed by atoms with Crippen molar-refractivity contribution in [3.05, 3.63) is 77.0 Å². The smallest absolute Gasteiger partial charge is 0.168 e. The Morgan fingerprint density at radius 3 is 2.71 bits per heavy atom. The Morgan fingerprint density at radius 1 is 1.05 bits per heavy atom. The van der Waals surface area contributed by atoms with Gasteiger partial charge in [-0.1, -0.05) is 42.0 Å². The van der Waals surface area contributed by atoms with Gasteiger partial charge in [-0.15, -0.1) is 0 Å². The van der Waals surface area contributed by atoms with Gasteiger partial charge in [0.2, 0.25) is 0 Å². The Kier molecular flexibility index (Phi) is 3.53. The molecule has 1 aromatic heterocycles. The van der Waals surface area contributed by atoms with E-state index in [2.05, 4.69) is 23.2 Å². The second-order valence-corrected chi connectivity index (χ2v) is 5.45. The lowest BCUT2D eigenvalue weighted by molar-refractivity contribution is 0.0992.